The normalized spacial score (nSPS) is 18.9. The van der Waals surface area contributed by atoms with E-state index in [9.17, 15) is 14.4 Å². The van der Waals surface area contributed by atoms with Gasteiger partial charge in [-0.05, 0) is 31.9 Å². The number of amides is 2. The lowest BCUT2D eigenvalue weighted by molar-refractivity contribution is -0.166. The van der Waals surface area contributed by atoms with Crippen LogP contribution in [0.5, 0.6) is 0 Å². The molecule has 1 atom stereocenters. The molecule has 3 rings (SSSR count). The number of nitrogens with zero attached hydrogens (tertiary/aromatic N) is 2. The number of carbonyl (C=O) groups excluding carboxylic acids is 3. The van der Waals surface area contributed by atoms with Gasteiger partial charge in [0.05, 0.1) is 29.9 Å². The fourth-order valence-corrected chi connectivity index (χ4v) is 3.98. The molecule has 1 saturated carbocycles. The maximum atomic E-state index is 13.0. The quantitative estimate of drug-likeness (QED) is 0.717. The van der Waals surface area contributed by atoms with E-state index in [1.54, 1.807) is 29.2 Å². The number of morpholine rings is 1. The number of anilines is 1. The summed E-state index contributed by atoms with van der Waals surface area (Å²) in [5.74, 6) is -1.09. The maximum absolute atomic E-state index is 13.0. The summed E-state index contributed by atoms with van der Waals surface area (Å²) >= 11 is 0. The van der Waals surface area contributed by atoms with Gasteiger partial charge in [0.25, 0.3) is 5.91 Å². The van der Waals surface area contributed by atoms with E-state index in [4.69, 9.17) is 14.7 Å². The van der Waals surface area contributed by atoms with E-state index in [-0.39, 0.29) is 12.3 Å². The lowest BCUT2D eigenvalue weighted by atomic mass is 9.82. The molecule has 30 heavy (non-hydrogen) atoms. The Kier molecular flexibility index (Phi) is 7.06. The first-order chi connectivity index (χ1) is 14.4. The molecule has 1 heterocycles. The third-order valence-electron chi connectivity index (χ3n) is 5.81. The highest BCUT2D eigenvalue weighted by Gasteiger charge is 2.46. The average Bonchev–Trinajstić information content (AvgIpc) is 3.24. The van der Waals surface area contributed by atoms with Crippen molar-refractivity contribution in [2.75, 3.05) is 31.6 Å². The van der Waals surface area contributed by atoms with Gasteiger partial charge in [-0.3, -0.25) is 14.4 Å². The molecule has 0 radical (unpaired) electrons. The number of carbonyl (C=O) groups is 3. The highest BCUT2D eigenvalue weighted by molar-refractivity contribution is 5.96. The number of hydrogen-bond acceptors (Lipinski definition) is 6. The largest absolute Gasteiger partial charge is 0.452 e. The van der Waals surface area contributed by atoms with E-state index in [0.29, 0.717) is 50.4 Å². The smallest absolute Gasteiger partial charge is 0.313 e. The Morgan fingerprint density at radius 3 is 2.57 bits per heavy atom. The zero-order valence-electron chi connectivity index (χ0n) is 17.2. The zero-order chi connectivity index (χ0) is 21.6. The molecule has 2 fully saturated rings. The molecular weight excluding hydrogens is 386 g/mol. The minimum atomic E-state index is -1.04. The van der Waals surface area contributed by atoms with Gasteiger partial charge in [-0.2, -0.15) is 5.26 Å². The van der Waals surface area contributed by atoms with Gasteiger partial charge in [-0.15, -0.1) is 0 Å². The number of nitrogens with one attached hydrogen (secondary N) is 1. The molecule has 2 aliphatic rings. The summed E-state index contributed by atoms with van der Waals surface area (Å²) in [7, 11) is 0. The number of benzene rings is 1. The Balaban J connectivity index is 1.63. The van der Waals surface area contributed by atoms with Crippen molar-refractivity contribution in [3.8, 4) is 6.07 Å². The highest BCUT2D eigenvalue weighted by Crippen LogP contribution is 2.43. The Labute approximate surface area is 176 Å². The van der Waals surface area contributed by atoms with Gasteiger partial charge in [0, 0.05) is 19.5 Å². The lowest BCUT2D eigenvalue weighted by Crippen LogP contribution is -2.45. The average molecular weight is 413 g/mol. The standard InChI is InChI=1S/C22H27N3O5/c1-16(20(27)24-18-7-3-2-6-17(18)15-23)30-21(28)22(8-4-5-9-22)14-19(26)25-10-12-29-13-11-25/h2-3,6-7,16H,4-5,8-14H2,1H3,(H,24,27)/t16-/m1/s1. The summed E-state index contributed by atoms with van der Waals surface area (Å²) < 4.78 is 10.8. The minimum Gasteiger partial charge on any atom is -0.452 e. The van der Waals surface area contributed by atoms with Crippen molar-refractivity contribution in [1.29, 1.82) is 5.26 Å². The van der Waals surface area contributed by atoms with E-state index in [0.717, 1.165) is 12.8 Å². The third-order valence-corrected chi connectivity index (χ3v) is 5.81. The van der Waals surface area contributed by atoms with Gasteiger partial charge in [0.15, 0.2) is 6.10 Å². The van der Waals surface area contributed by atoms with Crippen LogP contribution in [-0.4, -0.2) is 55.1 Å². The van der Waals surface area contributed by atoms with E-state index in [2.05, 4.69) is 5.32 Å². The fourth-order valence-electron chi connectivity index (χ4n) is 3.98. The van der Waals surface area contributed by atoms with Gasteiger partial charge in [-0.25, -0.2) is 0 Å². The molecule has 2 amide bonds. The van der Waals surface area contributed by atoms with Crippen LogP contribution in [0.3, 0.4) is 0 Å². The number of para-hydroxylation sites is 1. The first-order valence-corrected chi connectivity index (χ1v) is 10.3. The van der Waals surface area contributed by atoms with Gasteiger partial charge in [0.1, 0.15) is 6.07 Å². The van der Waals surface area contributed by atoms with Crippen molar-refractivity contribution in [1.82, 2.24) is 4.90 Å². The van der Waals surface area contributed by atoms with Crippen molar-refractivity contribution < 1.29 is 23.9 Å². The van der Waals surface area contributed by atoms with E-state index < -0.39 is 23.4 Å². The number of hydrogen-bond donors (Lipinski definition) is 1. The SMILES string of the molecule is C[C@@H](OC(=O)C1(CC(=O)N2CCOCC2)CCCC1)C(=O)Nc1ccccc1C#N. The molecule has 8 nitrogen and oxygen atoms in total. The molecule has 1 aromatic rings. The lowest BCUT2D eigenvalue weighted by Gasteiger charge is -2.32. The van der Waals surface area contributed by atoms with Gasteiger partial charge in [0.2, 0.25) is 5.91 Å². The second-order valence-corrected chi connectivity index (χ2v) is 7.85. The number of ether oxygens (including phenoxy) is 2. The Hall–Kier alpha value is -2.92. The summed E-state index contributed by atoms with van der Waals surface area (Å²) in [6, 6.07) is 8.63. The van der Waals surface area contributed by atoms with Crippen LogP contribution in [0, 0.1) is 16.7 Å². The Morgan fingerprint density at radius 2 is 1.90 bits per heavy atom. The van der Waals surface area contributed by atoms with Crippen molar-refractivity contribution >= 4 is 23.5 Å². The molecule has 0 bridgehead atoms. The summed E-state index contributed by atoms with van der Waals surface area (Å²) in [6.07, 6.45) is 1.90. The number of nitriles is 1. The Bertz CT molecular complexity index is 835. The topological polar surface area (TPSA) is 109 Å². The van der Waals surface area contributed by atoms with E-state index in [1.807, 2.05) is 6.07 Å². The van der Waals surface area contributed by atoms with E-state index >= 15 is 0 Å². The van der Waals surface area contributed by atoms with Crippen LogP contribution < -0.4 is 5.32 Å². The predicted molar refractivity (Wildman–Crippen MR) is 108 cm³/mol. The first-order valence-electron chi connectivity index (χ1n) is 10.3. The van der Waals surface area contributed by atoms with Crippen LogP contribution >= 0.6 is 0 Å². The highest BCUT2D eigenvalue weighted by atomic mass is 16.5. The van der Waals surface area contributed by atoms with Crippen LogP contribution in [0.25, 0.3) is 0 Å². The van der Waals surface area contributed by atoms with Crippen LogP contribution in [-0.2, 0) is 23.9 Å². The predicted octanol–water partition coefficient (Wildman–Crippen LogP) is 2.24. The molecular formula is C22H27N3O5. The minimum absolute atomic E-state index is 0.0720. The van der Waals surface area contributed by atoms with Crippen molar-refractivity contribution in [2.24, 2.45) is 5.41 Å². The van der Waals surface area contributed by atoms with Crippen LogP contribution in [0.1, 0.15) is 44.6 Å². The summed E-state index contributed by atoms with van der Waals surface area (Å²) in [4.78, 5) is 40.0. The summed E-state index contributed by atoms with van der Waals surface area (Å²) in [6.45, 7) is 3.56. The molecule has 1 saturated heterocycles. The third kappa shape index (κ3) is 4.97. The number of esters is 1. The van der Waals surface area contributed by atoms with Gasteiger partial charge >= 0.3 is 5.97 Å². The summed E-state index contributed by atoms with van der Waals surface area (Å²) in [5.41, 5.74) is -0.187. The zero-order valence-corrected chi connectivity index (χ0v) is 17.2. The second-order valence-electron chi connectivity index (χ2n) is 7.85. The van der Waals surface area contributed by atoms with Gasteiger partial charge < -0.3 is 19.7 Å². The molecule has 1 aliphatic carbocycles. The Morgan fingerprint density at radius 1 is 1.23 bits per heavy atom. The maximum Gasteiger partial charge on any atom is 0.313 e. The molecule has 0 aromatic heterocycles. The van der Waals surface area contributed by atoms with Crippen LogP contribution in [0.4, 0.5) is 5.69 Å². The second kappa shape index (κ2) is 9.72. The number of rotatable bonds is 6. The fraction of sp³-hybridized carbons (Fsp3) is 0.545. The molecule has 8 heteroatoms. The molecule has 1 aliphatic heterocycles. The monoisotopic (exact) mass is 413 g/mol. The first kappa shape index (κ1) is 21.8. The van der Waals surface area contributed by atoms with Crippen molar-refractivity contribution in [3.05, 3.63) is 29.8 Å². The van der Waals surface area contributed by atoms with E-state index in [1.165, 1.54) is 6.92 Å². The van der Waals surface area contributed by atoms with Crippen molar-refractivity contribution in [3.63, 3.8) is 0 Å². The van der Waals surface area contributed by atoms with Gasteiger partial charge in [-0.1, -0.05) is 25.0 Å². The molecule has 0 spiro atoms. The molecule has 0 unspecified atom stereocenters. The van der Waals surface area contributed by atoms with Crippen LogP contribution in [0.15, 0.2) is 24.3 Å². The molecule has 1 N–H and O–H groups in total. The van der Waals surface area contributed by atoms with Crippen LogP contribution in [0.2, 0.25) is 0 Å². The molecule has 1 aromatic carbocycles. The van der Waals surface area contributed by atoms with Crippen molar-refractivity contribution in [2.45, 2.75) is 45.1 Å². The molecule has 160 valence electrons. The summed E-state index contributed by atoms with van der Waals surface area (Å²) in [5, 5.41) is 11.8.